The molecule has 1 aromatic carbocycles. The number of nitrogens with one attached hydrogen (secondary N) is 1. The highest BCUT2D eigenvalue weighted by Crippen LogP contribution is 2.19. The van der Waals surface area contributed by atoms with Gasteiger partial charge in [0.05, 0.1) is 26.3 Å². The van der Waals surface area contributed by atoms with E-state index in [1.165, 1.54) is 0 Å². The van der Waals surface area contributed by atoms with Gasteiger partial charge in [-0.15, -0.1) is 0 Å². The number of para-hydroxylation sites is 1. The summed E-state index contributed by atoms with van der Waals surface area (Å²) in [5.41, 5.74) is 1.05. The van der Waals surface area contributed by atoms with Crippen molar-refractivity contribution in [3.05, 3.63) is 42.5 Å². The quantitative estimate of drug-likeness (QED) is 0.380. The third-order valence-corrected chi connectivity index (χ3v) is 5.46. The van der Waals surface area contributed by atoms with Crippen LogP contribution in [-0.4, -0.2) is 98.7 Å². The van der Waals surface area contributed by atoms with E-state index in [0.717, 1.165) is 50.0 Å². The molecular formula is C23H35N5O3. The maximum Gasteiger partial charge on any atom is 0.236 e. The number of carbonyl (C=O) groups is 1. The predicted octanol–water partition coefficient (Wildman–Crippen LogP) is 1.19. The van der Waals surface area contributed by atoms with E-state index in [0.29, 0.717) is 46.0 Å². The Morgan fingerprint density at radius 1 is 1.16 bits per heavy atom. The number of piperazine rings is 1. The van der Waals surface area contributed by atoms with Crippen LogP contribution in [0.25, 0.3) is 0 Å². The van der Waals surface area contributed by atoms with Gasteiger partial charge >= 0.3 is 0 Å². The summed E-state index contributed by atoms with van der Waals surface area (Å²) in [7, 11) is 0. The molecule has 0 unspecified atom stereocenters. The van der Waals surface area contributed by atoms with Crippen molar-refractivity contribution in [2.75, 3.05) is 72.2 Å². The predicted molar refractivity (Wildman–Crippen MR) is 122 cm³/mol. The van der Waals surface area contributed by atoms with Crippen LogP contribution in [0.4, 0.5) is 0 Å². The maximum absolute atomic E-state index is 12.5. The van der Waals surface area contributed by atoms with Crippen molar-refractivity contribution < 1.29 is 14.3 Å². The molecule has 0 aromatic heterocycles. The second-order valence-electron chi connectivity index (χ2n) is 7.63. The highest BCUT2D eigenvalue weighted by Gasteiger charge is 2.24. The van der Waals surface area contributed by atoms with E-state index in [-0.39, 0.29) is 5.91 Å². The van der Waals surface area contributed by atoms with E-state index in [1.54, 1.807) is 6.08 Å². The summed E-state index contributed by atoms with van der Waals surface area (Å²) in [5, 5.41) is 3.40. The molecule has 1 aromatic rings. The number of morpholine rings is 1. The molecule has 0 saturated carbocycles. The fourth-order valence-electron chi connectivity index (χ4n) is 3.73. The maximum atomic E-state index is 12.5. The second-order valence-corrected chi connectivity index (χ2v) is 7.63. The Bertz CT molecular complexity index is 740. The Kier molecular flexibility index (Phi) is 9.17. The molecule has 2 saturated heterocycles. The van der Waals surface area contributed by atoms with E-state index in [4.69, 9.17) is 14.5 Å². The molecule has 8 heteroatoms. The van der Waals surface area contributed by atoms with Crippen LogP contribution in [0.1, 0.15) is 12.5 Å². The van der Waals surface area contributed by atoms with E-state index in [9.17, 15) is 4.79 Å². The number of rotatable bonds is 8. The number of aliphatic imine (C=N–C) groups is 1. The van der Waals surface area contributed by atoms with Gasteiger partial charge in [-0.1, -0.05) is 30.9 Å². The first-order valence-electron chi connectivity index (χ1n) is 11.1. The summed E-state index contributed by atoms with van der Waals surface area (Å²) in [6.45, 7) is 14.2. The Hall–Kier alpha value is -2.58. The van der Waals surface area contributed by atoms with Gasteiger partial charge in [-0.25, -0.2) is 4.99 Å². The smallest absolute Gasteiger partial charge is 0.236 e. The first-order valence-corrected chi connectivity index (χ1v) is 11.1. The third-order valence-electron chi connectivity index (χ3n) is 5.46. The lowest BCUT2D eigenvalue weighted by Gasteiger charge is -2.37. The Morgan fingerprint density at radius 3 is 2.61 bits per heavy atom. The van der Waals surface area contributed by atoms with E-state index < -0.39 is 0 Å². The molecule has 2 heterocycles. The number of hydrogen-bond donors (Lipinski definition) is 1. The zero-order valence-electron chi connectivity index (χ0n) is 18.6. The van der Waals surface area contributed by atoms with Crippen LogP contribution in [0.15, 0.2) is 41.9 Å². The van der Waals surface area contributed by atoms with Crippen LogP contribution < -0.4 is 10.1 Å². The highest BCUT2D eigenvalue weighted by atomic mass is 16.5. The Morgan fingerprint density at radius 2 is 1.90 bits per heavy atom. The second kappa shape index (κ2) is 12.3. The lowest BCUT2D eigenvalue weighted by molar-refractivity contribution is -0.136. The average molecular weight is 430 g/mol. The van der Waals surface area contributed by atoms with Crippen molar-refractivity contribution in [2.24, 2.45) is 4.99 Å². The SMILES string of the molecule is C=CCOc1ccccc1CN=C(NCC)N1CCN(CC(=O)N2CCOCC2)CC1. The normalized spacial score (nSPS) is 18.0. The fraction of sp³-hybridized carbons (Fsp3) is 0.565. The third kappa shape index (κ3) is 6.97. The molecule has 0 aliphatic carbocycles. The Labute approximate surface area is 185 Å². The summed E-state index contributed by atoms with van der Waals surface area (Å²) in [6.07, 6.45) is 1.74. The van der Waals surface area contributed by atoms with Gasteiger partial charge in [0.1, 0.15) is 12.4 Å². The summed E-state index contributed by atoms with van der Waals surface area (Å²) in [6, 6.07) is 7.98. The first kappa shape index (κ1) is 23.1. The highest BCUT2D eigenvalue weighted by molar-refractivity contribution is 5.80. The van der Waals surface area contributed by atoms with Gasteiger partial charge in [0.25, 0.3) is 0 Å². The minimum atomic E-state index is 0.202. The summed E-state index contributed by atoms with van der Waals surface area (Å²) in [4.78, 5) is 23.8. The fourth-order valence-corrected chi connectivity index (χ4v) is 3.73. The molecule has 2 fully saturated rings. The molecular weight excluding hydrogens is 394 g/mol. The van der Waals surface area contributed by atoms with Crippen molar-refractivity contribution in [1.82, 2.24) is 20.0 Å². The minimum absolute atomic E-state index is 0.202. The first-order chi connectivity index (χ1) is 15.2. The number of amides is 1. The van der Waals surface area contributed by atoms with Crippen molar-refractivity contribution in [3.63, 3.8) is 0 Å². The van der Waals surface area contributed by atoms with Crippen molar-refractivity contribution in [1.29, 1.82) is 0 Å². The lowest BCUT2D eigenvalue weighted by Crippen LogP contribution is -2.54. The van der Waals surface area contributed by atoms with Gasteiger partial charge < -0.3 is 24.6 Å². The topological polar surface area (TPSA) is 69.6 Å². The number of carbonyl (C=O) groups excluding carboxylic acids is 1. The van der Waals surface area contributed by atoms with E-state index >= 15 is 0 Å². The summed E-state index contributed by atoms with van der Waals surface area (Å²) < 4.78 is 11.1. The van der Waals surface area contributed by atoms with E-state index in [2.05, 4.69) is 28.6 Å². The van der Waals surface area contributed by atoms with Gasteiger partial charge in [0.2, 0.25) is 5.91 Å². The molecule has 0 spiro atoms. The lowest BCUT2D eigenvalue weighted by atomic mass is 10.2. The van der Waals surface area contributed by atoms with Crippen molar-refractivity contribution in [2.45, 2.75) is 13.5 Å². The molecule has 3 rings (SSSR count). The number of guanidine groups is 1. The molecule has 170 valence electrons. The van der Waals surface area contributed by atoms with Crippen LogP contribution >= 0.6 is 0 Å². The van der Waals surface area contributed by atoms with E-state index in [1.807, 2.05) is 29.2 Å². The monoisotopic (exact) mass is 429 g/mol. The molecule has 1 amide bonds. The molecule has 2 aliphatic heterocycles. The number of nitrogens with zero attached hydrogens (tertiary/aromatic N) is 4. The zero-order chi connectivity index (χ0) is 21.9. The standard InChI is InChI=1S/C23H35N5O3/c1-3-15-31-21-8-6-5-7-20(21)18-25-23(24-4-2)28-11-9-26(10-12-28)19-22(29)27-13-16-30-17-14-27/h3,5-8H,1,4,9-19H2,2H3,(H,24,25). The molecule has 1 N–H and O–H groups in total. The zero-order valence-corrected chi connectivity index (χ0v) is 18.6. The van der Waals surface area contributed by atoms with Gasteiger partial charge in [0.15, 0.2) is 5.96 Å². The summed E-state index contributed by atoms with van der Waals surface area (Å²) in [5.74, 6) is 1.95. The molecule has 0 bridgehead atoms. The van der Waals surface area contributed by atoms with Crippen LogP contribution in [0, 0.1) is 0 Å². The van der Waals surface area contributed by atoms with Crippen LogP contribution in [0.5, 0.6) is 5.75 Å². The Balaban J connectivity index is 1.54. The number of hydrogen-bond acceptors (Lipinski definition) is 5. The summed E-state index contributed by atoms with van der Waals surface area (Å²) >= 11 is 0. The van der Waals surface area contributed by atoms with Gasteiger partial charge in [-0.05, 0) is 13.0 Å². The minimum Gasteiger partial charge on any atom is -0.489 e. The van der Waals surface area contributed by atoms with Crippen LogP contribution in [0.3, 0.4) is 0 Å². The number of benzene rings is 1. The van der Waals surface area contributed by atoms with Gasteiger partial charge in [-0.2, -0.15) is 0 Å². The largest absolute Gasteiger partial charge is 0.489 e. The molecule has 0 atom stereocenters. The average Bonchev–Trinajstić information content (AvgIpc) is 2.82. The molecule has 31 heavy (non-hydrogen) atoms. The van der Waals surface area contributed by atoms with Gasteiger partial charge in [-0.3, -0.25) is 9.69 Å². The van der Waals surface area contributed by atoms with Gasteiger partial charge in [0, 0.05) is 51.4 Å². The molecule has 2 aliphatic rings. The number of ether oxygens (including phenoxy) is 2. The molecule has 0 radical (unpaired) electrons. The molecule has 8 nitrogen and oxygen atoms in total. The van der Waals surface area contributed by atoms with Crippen molar-refractivity contribution in [3.8, 4) is 5.75 Å². The van der Waals surface area contributed by atoms with Crippen molar-refractivity contribution >= 4 is 11.9 Å². The van der Waals surface area contributed by atoms with Crippen LogP contribution in [0.2, 0.25) is 0 Å². The van der Waals surface area contributed by atoms with Crippen LogP contribution in [-0.2, 0) is 16.1 Å².